The molecule has 1 saturated heterocycles. The molecule has 1 saturated carbocycles. The van der Waals surface area contributed by atoms with Crippen molar-refractivity contribution in [2.24, 2.45) is 0 Å². The second-order valence-corrected chi connectivity index (χ2v) is 8.57. The summed E-state index contributed by atoms with van der Waals surface area (Å²) in [4.78, 5) is 11.5. The third-order valence-electron chi connectivity index (χ3n) is 6.60. The SMILES string of the molecule is COCCC/C=C(\C)C1=Cc2ccc([C@@H]3CC[C@]4(COC(=O)N4)C3)cc2CC1. The van der Waals surface area contributed by atoms with Crippen LogP contribution in [0.4, 0.5) is 4.79 Å². The van der Waals surface area contributed by atoms with Crippen molar-refractivity contribution in [1.29, 1.82) is 0 Å². The van der Waals surface area contributed by atoms with E-state index in [4.69, 9.17) is 9.47 Å². The molecule has 1 aromatic rings. The highest BCUT2D eigenvalue weighted by Gasteiger charge is 2.45. The maximum Gasteiger partial charge on any atom is 0.407 e. The van der Waals surface area contributed by atoms with E-state index in [0.29, 0.717) is 12.5 Å². The number of amides is 1. The van der Waals surface area contributed by atoms with Gasteiger partial charge in [0.05, 0.1) is 5.54 Å². The number of fused-ring (bicyclic) bond motifs is 1. The lowest BCUT2D eigenvalue weighted by Gasteiger charge is -2.22. The molecule has 1 amide bonds. The zero-order valence-electron chi connectivity index (χ0n) is 17.1. The Morgan fingerprint density at radius 1 is 1.39 bits per heavy atom. The van der Waals surface area contributed by atoms with Gasteiger partial charge in [0.2, 0.25) is 0 Å². The van der Waals surface area contributed by atoms with E-state index in [1.54, 1.807) is 7.11 Å². The molecule has 2 aliphatic carbocycles. The molecule has 2 fully saturated rings. The maximum absolute atomic E-state index is 11.5. The average Bonchev–Trinajstić information content (AvgIpc) is 3.29. The average molecular weight is 382 g/mol. The summed E-state index contributed by atoms with van der Waals surface area (Å²) in [7, 11) is 1.76. The van der Waals surface area contributed by atoms with Crippen LogP contribution in [0.1, 0.15) is 68.1 Å². The fraction of sp³-hybridized carbons (Fsp3) is 0.542. The van der Waals surface area contributed by atoms with Crippen LogP contribution in [0.15, 0.2) is 35.4 Å². The zero-order chi connectivity index (χ0) is 19.6. The molecule has 4 rings (SSSR count). The number of aryl methyl sites for hydroxylation is 1. The molecule has 0 unspecified atom stereocenters. The first-order chi connectivity index (χ1) is 13.6. The summed E-state index contributed by atoms with van der Waals surface area (Å²) < 4.78 is 10.3. The van der Waals surface area contributed by atoms with Gasteiger partial charge in [-0.3, -0.25) is 0 Å². The second-order valence-electron chi connectivity index (χ2n) is 8.57. The first-order valence-corrected chi connectivity index (χ1v) is 10.5. The summed E-state index contributed by atoms with van der Waals surface area (Å²) >= 11 is 0. The van der Waals surface area contributed by atoms with Crippen molar-refractivity contribution in [1.82, 2.24) is 5.32 Å². The fourth-order valence-electron chi connectivity index (χ4n) is 4.90. The smallest absolute Gasteiger partial charge is 0.407 e. The summed E-state index contributed by atoms with van der Waals surface area (Å²) in [5.41, 5.74) is 6.97. The van der Waals surface area contributed by atoms with Crippen molar-refractivity contribution < 1.29 is 14.3 Å². The Morgan fingerprint density at radius 2 is 2.29 bits per heavy atom. The first kappa shape index (κ1) is 19.3. The number of unbranched alkanes of at least 4 members (excludes halogenated alkanes) is 1. The Hall–Kier alpha value is -2.07. The monoisotopic (exact) mass is 381 g/mol. The second kappa shape index (κ2) is 8.12. The molecule has 28 heavy (non-hydrogen) atoms. The maximum atomic E-state index is 11.5. The van der Waals surface area contributed by atoms with Gasteiger partial charge in [0.25, 0.3) is 0 Å². The molecular weight excluding hydrogens is 350 g/mol. The van der Waals surface area contributed by atoms with Gasteiger partial charge in [-0.2, -0.15) is 0 Å². The third-order valence-corrected chi connectivity index (χ3v) is 6.60. The number of benzene rings is 1. The van der Waals surface area contributed by atoms with Crippen molar-refractivity contribution >= 4 is 12.2 Å². The minimum absolute atomic E-state index is 0.130. The topological polar surface area (TPSA) is 47.6 Å². The van der Waals surface area contributed by atoms with E-state index in [0.717, 1.165) is 51.6 Å². The lowest BCUT2D eigenvalue weighted by molar-refractivity contribution is 0.172. The highest BCUT2D eigenvalue weighted by Crippen LogP contribution is 2.43. The van der Waals surface area contributed by atoms with E-state index in [1.165, 1.54) is 27.8 Å². The van der Waals surface area contributed by atoms with E-state index in [1.807, 2.05) is 0 Å². The van der Waals surface area contributed by atoms with Gasteiger partial charge in [0.15, 0.2) is 0 Å². The van der Waals surface area contributed by atoms with Crippen LogP contribution in [0.2, 0.25) is 0 Å². The number of hydrogen-bond donors (Lipinski definition) is 1. The molecule has 1 aliphatic heterocycles. The number of hydrogen-bond acceptors (Lipinski definition) is 3. The van der Waals surface area contributed by atoms with Crippen molar-refractivity contribution in [3.63, 3.8) is 0 Å². The molecule has 1 N–H and O–H groups in total. The summed E-state index contributed by atoms with van der Waals surface area (Å²) in [5, 5.41) is 3.05. The van der Waals surface area contributed by atoms with Gasteiger partial charge in [0, 0.05) is 13.7 Å². The van der Waals surface area contributed by atoms with Crippen LogP contribution in [0.25, 0.3) is 6.08 Å². The highest BCUT2D eigenvalue weighted by molar-refractivity contribution is 5.71. The standard InChI is InChI=1S/C24H31NO3/c1-17(5-3-4-12-27-2)18-6-7-20-14-21(9-8-19(20)13-18)22-10-11-24(15-22)16-28-23(26)25-24/h5,8-9,13-14,22H,3-4,6-7,10-12,15-16H2,1-2H3,(H,25,26)/b17-5+/t22-,24-/m1/s1. The van der Waals surface area contributed by atoms with Crippen molar-refractivity contribution in [3.05, 3.63) is 52.1 Å². The zero-order valence-corrected chi connectivity index (χ0v) is 17.1. The Labute approximate surface area is 168 Å². The van der Waals surface area contributed by atoms with Gasteiger partial charge < -0.3 is 14.8 Å². The highest BCUT2D eigenvalue weighted by atomic mass is 16.6. The Morgan fingerprint density at radius 3 is 3.07 bits per heavy atom. The number of cyclic esters (lactones) is 1. The predicted molar refractivity (Wildman–Crippen MR) is 111 cm³/mol. The lowest BCUT2D eigenvalue weighted by Crippen LogP contribution is -2.40. The van der Waals surface area contributed by atoms with E-state index < -0.39 is 0 Å². The van der Waals surface area contributed by atoms with Gasteiger partial charge in [-0.05, 0) is 80.1 Å². The number of nitrogens with one attached hydrogen (secondary N) is 1. The van der Waals surface area contributed by atoms with Gasteiger partial charge >= 0.3 is 6.09 Å². The minimum atomic E-state index is -0.255. The fourth-order valence-corrected chi connectivity index (χ4v) is 4.90. The number of allylic oxidation sites excluding steroid dienone is 3. The van der Waals surface area contributed by atoms with Gasteiger partial charge in [-0.25, -0.2) is 4.79 Å². The quantitative estimate of drug-likeness (QED) is 0.695. The predicted octanol–water partition coefficient (Wildman–Crippen LogP) is 5.14. The summed E-state index contributed by atoms with van der Waals surface area (Å²) in [5.74, 6) is 0.514. The summed E-state index contributed by atoms with van der Waals surface area (Å²) in [6.45, 7) is 3.58. The molecule has 4 heteroatoms. The van der Waals surface area contributed by atoms with Crippen LogP contribution in [-0.2, 0) is 15.9 Å². The van der Waals surface area contributed by atoms with Crippen molar-refractivity contribution in [2.45, 2.75) is 63.3 Å². The molecule has 0 bridgehead atoms. The van der Waals surface area contributed by atoms with E-state index >= 15 is 0 Å². The van der Waals surface area contributed by atoms with Crippen LogP contribution in [0.3, 0.4) is 0 Å². The Balaban J connectivity index is 1.44. The molecule has 0 aromatic heterocycles. The number of carbonyl (C=O) groups excluding carboxylic acids is 1. The van der Waals surface area contributed by atoms with Crippen molar-refractivity contribution in [3.8, 4) is 0 Å². The first-order valence-electron chi connectivity index (χ1n) is 10.5. The molecule has 1 spiro atoms. The van der Waals surface area contributed by atoms with Crippen LogP contribution < -0.4 is 5.32 Å². The van der Waals surface area contributed by atoms with Crippen LogP contribution in [-0.4, -0.2) is 32.0 Å². The summed E-state index contributed by atoms with van der Waals surface area (Å²) in [6, 6.07) is 6.98. The molecule has 150 valence electrons. The molecule has 4 nitrogen and oxygen atoms in total. The molecule has 0 radical (unpaired) electrons. The largest absolute Gasteiger partial charge is 0.447 e. The number of carbonyl (C=O) groups is 1. The van der Waals surface area contributed by atoms with Crippen molar-refractivity contribution in [2.75, 3.05) is 20.3 Å². The third kappa shape index (κ3) is 4.02. The number of ether oxygens (including phenoxy) is 2. The number of rotatable bonds is 6. The molecular formula is C24H31NO3. The Kier molecular flexibility index (Phi) is 5.58. The number of methoxy groups -OCH3 is 1. The Bertz CT molecular complexity index is 810. The molecule has 3 aliphatic rings. The molecule has 1 aromatic carbocycles. The minimum Gasteiger partial charge on any atom is -0.447 e. The van der Waals surface area contributed by atoms with Gasteiger partial charge in [-0.15, -0.1) is 0 Å². The molecule has 2 atom stereocenters. The van der Waals surface area contributed by atoms with E-state index in [2.05, 4.69) is 42.6 Å². The van der Waals surface area contributed by atoms with Crippen LogP contribution >= 0.6 is 0 Å². The van der Waals surface area contributed by atoms with Crippen LogP contribution in [0, 0.1) is 0 Å². The normalized spacial score (nSPS) is 26.8. The summed E-state index contributed by atoms with van der Waals surface area (Å²) in [6.07, 6.45) is 12.0. The van der Waals surface area contributed by atoms with Gasteiger partial charge in [0.1, 0.15) is 6.61 Å². The van der Waals surface area contributed by atoms with Gasteiger partial charge in [-0.1, -0.05) is 35.9 Å². The molecule has 1 heterocycles. The van der Waals surface area contributed by atoms with E-state index in [9.17, 15) is 4.79 Å². The van der Waals surface area contributed by atoms with Crippen LogP contribution in [0.5, 0.6) is 0 Å². The van der Waals surface area contributed by atoms with E-state index in [-0.39, 0.29) is 11.6 Å². The lowest BCUT2D eigenvalue weighted by atomic mass is 9.85. The number of alkyl carbamates (subject to hydrolysis) is 1.